The number of nitrogens with zero attached hydrogens (tertiary/aromatic N) is 3. The topological polar surface area (TPSA) is 55.2 Å². The monoisotopic (exact) mass is 351 g/mol. The van der Waals surface area contributed by atoms with Crippen LogP contribution < -0.4 is 10.5 Å². The van der Waals surface area contributed by atoms with Gasteiger partial charge in [0, 0.05) is 11.7 Å². The van der Waals surface area contributed by atoms with Gasteiger partial charge in [0.25, 0.3) is 5.56 Å². The molecule has 1 aliphatic rings. The van der Waals surface area contributed by atoms with Gasteiger partial charge in [0.15, 0.2) is 0 Å². The van der Waals surface area contributed by atoms with Gasteiger partial charge in [0.1, 0.15) is 11.6 Å². The van der Waals surface area contributed by atoms with Crippen LogP contribution in [0, 0.1) is 0 Å². The van der Waals surface area contributed by atoms with E-state index in [0.717, 1.165) is 28.8 Å². The van der Waals surface area contributed by atoms with E-state index >= 15 is 0 Å². The van der Waals surface area contributed by atoms with Crippen molar-refractivity contribution in [3.05, 3.63) is 56.4 Å². The van der Waals surface area contributed by atoms with Crippen LogP contribution in [0.25, 0.3) is 0 Å². The van der Waals surface area contributed by atoms with Gasteiger partial charge in [0.2, 0.25) is 5.91 Å². The number of aromatic nitrogens is 2. The third-order valence-corrected chi connectivity index (χ3v) is 4.77. The lowest BCUT2D eigenvalue weighted by Gasteiger charge is -2.35. The van der Waals surface area contributed by atoms with Crippen molar-refractivity contribution in [3.63, 3.8) is 0 Å². The number of aryl methyl sites for hydroxylation is 1. The van der Waals surface area contributed by atoms with Crippen LogP contribution in [-0.4, -0.2) is 21.7 Å². The zero-order chi connectivity index (χ0) is 16.6. The summed E-state index contributed by atoms with van der Waals surface area (Å²) < 4.78 is 1.04. The first-order valence-corrected chi connectivity index (χ1v) is 8.05. The Hall–Kier alpha value is -1.85. The summed E-state index contributed by atoms with van der Waals surface area (Å²) in [4.78, 5) is 26.5. The van der Waals surface area contributed by atoms with Gasteiger partial charge < -0.3 is 4.90 Å². The Balaban J connectivity index is 1.92. The van der Waals surface area contributed by atoms with Gasteiger partial charge in [-0.3, -0.25) is 9.59 Å². The third kappa shape index (κ3) is 2.99. The first-order valence-electron chi connectivity index (χ1n) is 7.30. The average molecular weight is 352 g/mol. The number of benzene rings is 1. The smallest absolute Gasteiger partial charge is 0.287 e. The predicted molar refractivity (Wildman–Crippen MR) is 90.2 cm³/mol. The number of para-hydroxylation sites is 1. The van der Waals surface area contributed by atoms with E-state index in [4.69, 9.17) is 23.2 Å². The van der Waals surface area contributed by atoms with Crippen LogP contribution >= 0.6 is 23.2 Å². The van der Waals surface area contributed by atoms with E-state index in [0.29, 0.717) is 0 Å². The lowest BCUT2D eigenvalue weighted by Crippen LogP contribution is -2.45. The number of rotatable bonds is 2. The Kier molecular flexibility index (Phi) is 4.41. The molecule has 0 saturated heterocycles. The second-order valence-corrected chi connectivity index (χ2v) is 6.33. The fourth-order valence-electron chi connectivity index (χ4n) is 2.83. The standard InChI is InChI=1S/C16H15Cl2N3O2/c1-10-6-7-11-4-2-3-5-13(11)21(10)14(22)9-20-16(23)15(18)12(17)8-19-20/h2-5,8,10H,6-7,9H2,1H3/t10-/m1/s1. The van der Waals surface area contributed by atoms with Gasteiger partial charge in [-0.2, -0.15) is 5.10 Å². The van der Waals surface area contributed by atoms with Gasteiger partial charge >= 0.3 is 0 Å². The average Bonchev–Trinajstić information content (AvgIpc) is 2.55. The molecule has 0 spiro atoms. The molecule has 0 aliphatic carbocycles. The van der Waals surface area contributed by atoms with Gasteiger partial charge in [-0.15, -0.1) is 0 Å². The largest absolute Gasteiger partial charge is 0.308 e. The minimum atomic E-state index is -0.564. The van der Waals surface area contributed by atoms with Crippen LogP contribution in [0.5, 0.6) is 0 Å². The van der Waals surface area contributed by atoms with Crippen LogP contribution in [0.4, 0.5) is 5.69 Å². The van der Waals surface area contributed by atoms with Crippen molar-refractivity contribution in [1.29, 1.82) is 0 Å². The zero-order valence-corrected chi connectivity index (χ0v) is 14.0. The molecule has 0 radical (unpaired) electrons. The highest BCUT2D eigenvalue weighted by molar-refractivity contribution is 6.41. The first-order chi connectivity index (χ1) is 11.0. The van der Waals surface area contributed by atoms with Crippen LogP contribution in [0.1, 0.15) is 18.9 Å². The zero-order valence-electron chi connectivity index (χ0n) is 12.5. The molecule has 1 atom stereocenters. The molecule has 7 heteroatoms. The molecule has 23 heavy (non-hydrogen) atoms. The van der Waals surface area contributed by atoms with Gasteiger partial charge in [-0.25, -0.2) is 4.68 Å². The highest BCUT2D eigenvalue weighted by Gasteiger charge is 2.28. The van der Waals surface area contributed by atoms with Gasteiger partial charge in [0.05, 0.1) is 11.2 Å². The van der Waals surface area contributed by atoms with E-state index in [1.807, 2.05) is 31.2 Å². The van der Waals surface area contributed by atoms with Crippen LogP contribution in [-0.2, 0) is 17.8 Å². The number of hydrogen-bond acceptors (Lipinski definition) is 3. The summed E-state index contributed by atoms with van der Waals surface area (Å²) in [5.41, 5.74) is 1.46. The van der Waals surface area contributed by atoms with Crippen molar-refractivity contribution < 1.29 is 4.79 Å². The first kappa shape index (κ1) is 16.0. The maximum absolute atomic E-state index is 12.7. The molecule has 0 unspecified atom stereocenters. The summed E-state index contributed by atoms with van der Waals surface area (Å²) in [6.45, 7) is 1.83. The second kappa shape index (κ2) is 6.34. The molecule has 1 amide bonds. The third-order valence-electron chi connectivity index (χ3n) is 4.02. The summed E-state index contributed by atoms with van der Waals surface area (Å²) in [5, 5.41) is 3.85. The number of carbonyl (C=O) groups excluding carboxylic acids is 1. The lowest BCUT2D eigenvalue weighted by molar-refractivity contribution is -0.120. The molecule has 0 N–H and O–H groups in total. The Labute approximate surface area is 143 Å². The van der Waals surface area contributed by atoms with E-state index in [1.165, 1.54) is 6.20 Å². The van der Waals surface area contributed by atoms with Crippen molar-refractivity contribution in [2.45, 2.75) is 32.4 Å². The van der Waals surface area contributed by atoms with Gasteiger partial charge in [-0.05, 0) is 31.4 Å². The van der Waals surface area contributed by atoms with E-state index in [9.17, 15) is 9.59 Å². The van der Waals surface area contributed by atoms with Crippen molar-refractivity contribution in [1.82, 2.24) is 9.78 Å². The summed E-state index contributed by atoms with van der Waals surface area (Å²) in [6.07, 6.45) is 3.09. The number of anilines is 1. The molecule has 5 nitrogen and oxygen atoms in total. The quantitative estimate of drug-likeness (QED) is 0.835. The number of amides is 1. The molecule has 0 bridgehead atoms. The SMILES string of the molecule is C[C@@H]1CCc2ccccc2N1C(=O)Cn1ncc(Cl)c(Cl)c1=O. The molecule has 3 rings (SSSR count). The minimum absolute atomic E-state index is 0.0656. The summed E-state index contributed by atoms with van der Waals surface area (Å²) in [7, 11) is 0. The highest BCUT2D eigenvalue weighted by Crippen LogP contribution is 2.30. The Morgan fingerprint density at radius 3 is 2.87 bits per heavy atom. The summed E-state index contributed by atoms with van der Waals surface area (Å²) in [6, 6.07) is 7.87. The summed E-state index contributed by atoms with van der Waals surface area (Å²) >= 11 is 11.6. The molecule has 1 aliphatic heterocycles. The molecule has 120 valence electrons. The normalized spacial score (nSPS) is 17.0. The Bertz CT molecular complexity index is 819. The minimum Gasteiger partial charge on any atom is -0.308 e. The van der Waals surface area contributed by atoms with Crippen molar-refractivity contribution in [3.8, 4) is 0 Å². The Morgan fingerprint density at radius 1 is 1.35 bits per heavy atom. The van der Waals surface area contributed by atoms with E-state index in [1.54, 1.807) is 4.90 Å². The lowest BCUT2D eigenvalue weighted by atomic mass is 9.96. The van der Waals surface area contributed by atoms with Crippen LogP contribution in [0.15, 0.2) is 35.3 Å². The highest BCUT2D eigenvalue weighted by atomic mass is 35.5. The fourth-order valence-corrected chi connectivity index (χ4v) is 3.10. The number of fused-ring (bicyclic) bond motifs is 1. The number of hydrogen-bond donors (Lipinski definition) is 0. The van der Waals surface area contributed by atoms with Crippen molar-refractivity contribution in [2.75, 3.05) is 4.90 Å². The predicted octanol–water partition coefficient (Wildman–Crippen LogP) is 2.92. The molecule has 1 aromatic heterocycles. The fraction of sp³-hybridized carbons (Fsp3) is 0.312. The maximum atomic E-state index is 12.7. The second-order valence-electron chi connectivity index (χ2n) is 5.55. The van der Waals surface area contributed by atoms with Crippen LogP contribution in [0.3, 0.4) is 0 Å². The van der Waals surface area contributed by atoms with Gasteiger partial charge in [-0.1, -0.05) is 41.4 Å². The van der Waals surface area contributed by atoms with Crippen molar-refractivity contribution in [2.24, 2.45) is 0 Å². The van der Waals surface area contributed by atoms with E-state index < -0.39 is 5.56 Å². The maximum Gasteiger partial charge on any atom is 0.287 e. The van der Waals surface area contributed by atoms with E-state index in [-0.39, 0.29) is 28.5 Å². The molecule has 1 aromatic carbocycles. The van der Waals surface area contributed by atoms with Crippen molar-refractivity contribution >= 4 is 34.8 Å². The molecule has 0 saturated carbocycles. The summed E-state index contributed by atoms with van der Waals surface area (Å²) in [5.74, 6) is -0.197. The van der Waals surface area contributed by atoms with E-state index in [2.05, 4.69) is 5.10 Å². The molecular weight excluding hydrogens is 337 g/mol. The Morgan fingerprint density at radius 2 is 2.09 bits per heavy atom. The molecule has 0 fully saturated rings. The number of halogens is 2. The van der Waals surface area contributed by atoms with Crippen LogP contribution in [0.2, 0.25) is 10.0 Å². The molecular formula is C16H15Cl2N3O2. The molecule has 2 heterocycles. The number of carbonyl (C=O) groups is 1. The molecule has 2 aromatic rings.